The lowest BCUT2D eigenvalue weighted by Crippen LogP contribution is -2.28. The van der Waals surface area contributed by atoms with Crippen LogP contribution >= 0.6 is 0 Å². The van der Waals surface area contributed by atoms with Gasteiger partial charge in [0.2, 0.25) is 0 Å². The lowest BCUT2D eigenvalue weighted by Gasteiger charge is -2.14. The zero-order chi connectivity index (χ0) is 11.5. The first kappa shape index (κ1) is 10.6. The Bertz CT molecular complexity index is 425. The molecule has 16 heavy (non-hydrogen) atoms. The average molecular weight is 220 g/mol. The average Bonchev–Trinajstić information content (AvgIpc) is 2.81. The number of nitrogens with zero attached hydrogens (tertiary/aromatic N) is 2. The number of aromatic carboxylic acids is 1. The first-order chi connectivity index (χ1) is 7.68. The monoisotopic (exact) mass is 220 g/mol. The van der Waals surface area contributed by atoms with Crippen molar-refractivity contribution < 1.29 is 14.7 Å². The lowest BCUT2D eigenvalue weighted by molar-refractivity contribution is 0.0690. The summed E-state index contributed by atoms with van der Waals surface area (Å²) >= 11 is 0. The fourth-order valence-electron chi connectivity index (χ4n) is 1.76. The molecule has 1 fully saturated rings. The van der Waals surface area contributed by atoms with Gasteiger partial charge in [-0.15, -0.1) is 0 Å². The van der Waals surface area contributed by atoms with Crippen molar-refractivity contribution in [2.45, 2.75) is 12.8 Å². The molecule has 1 aliphatic heterocycles. The molecule has 84 valence electrons. The molecular formula is C11H12N2O3. The van der Waals surface area contributed by atoms with Crippen LogP contribution in [0.3, 0.4) is 0 Å². The predicted molar refractivity (Wildman–Crippen MR) is 56.3 cm³/mol. The number of hydrogen-bond acceptors (Lipinski definition) is 3. The molecule has 0 aliphatic carbocycles. The number of pyridine rings is 1. The van der Waals surface area contributed by atoms with E-state index >= 15 is 0 Å². The van der Waals surface area contributed by atoms with E-state index in [0.29, 0.717) is 0 Å². The minimum Gasteiger partial charge on any atom is -0.477 e. The Morgan fingerprint density at radius 2 is 1.81 bits per heavy atom. The van der Waals surface area contributed by atoms with Crippen molar-refractivity contribution >= 4 is 11.9 Å². The maximum atomic E-state index is 11.9. The summed E-state index contributed by atoms with van der Waals surface area (Å²) in [6.45, 7) is 1.47. The summed E-state index contributed by atoms with van der Waals surface area (Å²) in [7, 11) is 0. The topological polar surface area (TPSA) is 70.5 Å². The highest BCUT2D eigenvalue weighted by atomic mass is 16.4. The highest BCUT2D eigenvalue weighted by Crippen LogP contribution is 2.11. The molecule has 5 heteroatoms. The van der Waals surface area contributed by atoms with E-state index in [2.05, 4.69) is 4.98 Å². The van der Waals surface area contributed by atoms with Gasteiger partial charge in [0.1, 0.15) is 11.4 Å². The van der Waals surface area contributed by atoms with E-state index in [0.717, 1.165) is 25.9 Å². The second kappa shape index (κ2) is 4.30. The maximum Gasteiger partial charge on any atom is 0.354 e. The van der Waals surface area contributed by atoms with Gasteiger partial charge in [-0.1, -0.05) is 6.07 Å². The van der Waals surface area contributed by atoms with E-state index in [4.69, 9.17) is 5.11 Å². The molecule has 1 N–H and O–H groups in total. The predicted octanol–water partition coefficient (Wildman–Crippen LogP) is 1.02. The van der Waals surface area contributed by atoms with Crippen LogP contribution in [-0.4, -0.2) is 40.0 Å². The second-order valence-electron chi connectivity index (χ2n) is 3.71. The Hall–Kier alpha value is -1.91. The van der Waals surface area contributed by atoms with Gasteiger partial charge in [0.15, 0.2) is 0 Å². The molecule has 0 bridgehead atoms. The zero-order valence-electron chi connectivity index (χ0n) is 8.72. The van der Waals surface area contributed by atoms with Crippen molar-refractivity contribution in [1.82, 2.24) is 9.88 Å². The summed E-state index contributed by atoms with van der Waals surface area (Å²) in [5, 5.41) is 8.77. The number of hydrogen-bond donors (Lipinski definition) is 1. The van der Waals surface area contributed by atoms with Crippen LogP contribution in [0.4, 0.5) is 0 Å². The van der Waals surface area contributed by atoms with Crippen molar-refractivity contribution in [2.75, 3.05) is 13.1 Å². The van der Waals surface area contributed by atoms with Crippen LogP contribution in [0.15, 0.2) is 18.2 Å². The van der Waals surface area contributed by atoms with Crippen LogP contribution in [0.5, 0.6) is 0 Å². The second-order valence-corrected chi connectivity index (χ2v) is 3.71. The highest BCUT2D eigenvalue weighted by Gasteiger charge is 2.21. The molecule has 1 aromatic heterocycles. The molecule has 0 unspecified atom stereocenters. The first-order valence-electron chi connectivity index (χ1n) is 5.18. The molecule has 2 heterocycles. The van der Waals surface area contributed by atoms with Gasteiger partial charge in [0, 0.05) is 13.1 Å². The number of rotatable bonds is 2. The van der Waals surface area contributed by atoms with Gasteiger partial charge < -0.3 is 10.0 Å². The minimum atomic E-state index is -1.11. The van der Waals surface area contributed by atoms with Crippen LogP contribution in [0.2, 0.25) is 0 Å². The summed E-state index contributed by atoms with van der Waals surface area (Å²) in [6.07, 6.45) is 2.01. The molecule has 0 radical (unpaired) electrons. The molecule has 5 nitrogen and oxygen atoms in total. The number of carbonyl (C=O) groups excluding carboxylic acids is 1. The van der Waals surface area contributed by atoms with Crippen LogP contribution < -0.4 is 0 Å². The largest absolute Gasteiger partial charge is 0.477 e. The van der Waals surface area contributed by atoms with Gasteiger partial charge in [0.05, 0.1) is 0 Å². The molecule has 0 atom stereocenters. The van der Waals surface area contributed by atoms with Crippen molar-refractivity contribution in [3.05, 3.63) is 29.6 Å². The molecule has 1 amide bonds. The van der Waals surface area contributed by atoms with Crippen LogP contribution in [0.1, 0.15) is 33.8 Å². The number of aromatic nitrogens is 1. The quantitative estimate of drug-likeness (QED) is 0.807. The maximum absolute atomic E-state index is 11.9. The summed E-state index contributed by atoms with van der Waals surface area (Å²) in [6, 6.07) is 4.47. The third kappa shape index (κ3) is 2.03. The van der Waals surface area contributed by atoms with Gasteiger partial charge in [-0.2, -0.15) is 0 Å². The van der Waals surface area contributed by atoms with E-state index in [1.807, 2.05) is 0 Å². The van der Waals surface area contributed by atoms with Crippen LogP contribution in [0.25, 0.3) is 0 Å². The van der Waals surface area contributed by atoms with E-state index in [1.165, 1.54) is 6.07 Å². The zero-order valence-corrected chi connectivity index (χ0v) is 8.72. The standard InChI is InChI=1S/C11H12N2O3/c14-10(13-6-1-2-7-13)8-4-3-5-9(12-8)11(15)16/h3-5H,1-2,6-7H2,(H,15,16). The van der Waals surface area contributed by atoms with E-state index in [-0.39, 0.29) is 17.3 Å². The third-order valence-corrected chi connectivity index (χ3v) is 2.58. The third-order valence-electron chi connectivity index (χ3n) is 2.58. The van der Waals surface area contributed by atoms with Crippen LogP contribution in [0, 0.1) is 0 Å². The SMILES string of the molecule is O=C(O)c1cccc(C(=O)N2CCCC2)n1. The van der Waals surface area contributed by atoms with Crippen LogP contribution in [-0.2, 0) is 0 Å². The Balaban J connectivity index is 2.22. The number of amides is 1. The lowest BCUT2D eigenvalue weighted by atomic mass is 10.3. The van der Waals surface area contributed by atoms with E-state index in [1.54, 1.807) is 17.0 Å². The summed E-state index contributed by atoms with van der Waals surface area (Å²) in [5.41, 5.74) is 0.117. The molecule has 0 spiro atoms. The number of likely N-dealkylation sites (tertiary alicyclic amines) is 1. The van der Waals surface area contributed by atoms with Gasteiger partial charge in [-0.3, -0.25) is 4.79 Å². The Morgan fingerprint density at radius 3 is 2.44 bits per heavy atom. The normalized spacial score (nSPS) is 15.1. The van der Waals surface area contributed by atoms with Gasteiger partial charge >= 0.3 is 5.97 Å². The molecular weight excluding hydrogens is 208 g/mol. The van der Waals surface area contributed by atoms with Gasteiger partial charge in [-0.25, -0.2) is 9.78 Å². The van der Waals surface area contributed by atoms with Gasteiger partial charge in [-0.05, 0) is 25.0 Å². The molecule has 2 rings (SSSR count). The summed E-state index contributed by atoms with van der Waals surface area (Å²) in [5.74, 6) is -1.29. The van der Waals surface area contributed by atoms with E-state index < -0.39 is 5.97 Å². The minimum absolute atomic E-state index is 0.0925. The Morgan fingerprint density at radius 1 is 1.19 bits per heavy atom. The van der Waals surface area contributed by atoms with Crippen molar-refractivity contribution in [3.63, 3.8) is 0 Å². The first-order valence-corrected chi connectivity index (χ1v) is 5.18. The van der Waals surface area contributed by atoms with Crippen molar-refractivity contribution in [3.8, 4) is 0 Å². The smallest absolute Gasteiger partial charge is 0.354 e. The van der Waals surface area contributed by atoms with Crippen molar-refractivity contribution in [2.24, 2.45) is 0 Å². The van der Waals surface area contributed by atoms with E-state index in [9.17, 15) is 9.59 Å². The fraction of sp³-hybridized carbons (Fsp3) is 0.364. The summed E-state index contributed by atoms with van der Waals surface area (Å²) < 4.78 is 0. The summed E-state index contributed by atoms with van der Waals surface area (Å²) in [4.78, 5) is 28.1. The Labute approximate surface area is 92.7 Å². The number of carbonyl (C=O) groups is 2. The molecule has 1 aromatic rings. The number of carboxylic acid groups (broad SMARTS) is 1. The van der Waals surface area contributed by atoms with Crippen molar-refractivity contribution in [1.29, 1.82) is 0 Å². The molecule has 1 aliphatic rings. The molecule has 0 saturated carbocycles. The number of carboxylic acids is 1. The molecule has 1 saturated heterocycles. The molecule has 0 aromatic carbocycles. The Kier molecular flexibility index (Phi) is 2.85. The highest BCUT2D eigenvalue weighted by molar-refractivity contribution is 5.94. The fourth-order valence-corrected chi connectivity index (χ4v) is 1.76. The van der Waals surface area contributed by atoms with Gasteiger partial charge in [0.25, 0.3) is 5.91 Å².